The highest BCUT2D eigenvalue weighted by molar-refractivity contribution is 5.84. The molecule has 0 fully saturated rings. The van der Waals surface area contributed by atoms with Crippen LogP contribution < -0.4 is 11.1 Å². The van der Waals surface area contributed by atoms with E-state index in [-0.39, 0.29) is 19.8 Å². The lowest BCUT2D eigenvalue weighted by atomic mass is 10.2. The first-order valence-corrected chi connectivity index (χ1v) is 4.47. The number of nitrogens with two attached hydrogens (primary N) is 1. The number of aliphatic hydroxyl groups excluding tert-OH is 1. The minimum Gasteiger partial charge on any atom is -0.480 e. The predicted octanol–water partition coefficient (Wildman–Crippen LogP) is -2.09. The molecule has 0 aliphatic heterocycles. The maximum atomic E-state index is 11.1. The number of aliphatic carboxylic acids is 1. The Hall–Kier alpha value is -1.18. The van der Waals surface area contributed by atoms with Crippen molar-refractivity contribution in [3.63, 3.8) is 0 Å². The van der Waals surface area contributed by atoms with Crippen molar-refractivity contribution in [2.75, 3.05) is 19.8 Å². The van der Waals surface area contributed by atoms with Crippen molar-refractivity contribution in [1.29, 1.82) is 0 Å². The van der Waals surface area contributed by atoms with Crippen LogP contribution in [0.5, 0.6) is 0 Å². The summed E-state index contributed by atoms with van der Waals surface area (Å²) >= 11 is 0. The fourth-order valence-corrected chi connectivity index (χ4v) is 0.852. The fraction of sp³-hybridized carbons (Fsp3) is 0.750. The van der Waals surface area contributed by atoms with Gasteiger partial charge in [0.2, 0.25) is 5.91 Å². The van der Waals surface area contributed by atoms with Crippen LogP contribution in [-0.4, -0.2) is 54.0 Å². The summed E-state index contributed by atoms with van der Waals surface area (Å²) in [5, 5.41) is 19.8. The second-order valence-electron chi connectivity index (χ2n) is 2.97. The molecular formula is C8H16N2O5. The summed E-state index contributed by atoms with van der Waals surface area (Å²) in [6.07, 6.45) is -1.17. The molecule has 0 aliphatic rings. The Bertz CT molecular complexity index is 219. The third-order valence-electron chi connectivity index (χ3n) is 1.56. The van der Waals surface area contributed by atoms with E-state index in [2.05, 4.69) is 5.32 Å². The van der Waals surface area contributed by atoms with Crippen LogP contribution in [0.25, 0.3) is 0 Å². The number of rotatable bonds is 7. The summed E-state index contributed by atoms with van der Waals surface area (Å²) < 4.78 is 4.79. The van der Waals surface area contributed by atoms with E-state index < -0.39 is 24.0 Å². The van der Waals surface area contributed by atoms with E-state index in [0.29, 0.717) is 0 Å². The number of carbonyl (C=O) groups is 2. The topological polar surface area (TPSA) is 122 Å². The molecule has 0 radical (unpaired) electrons. The minimum absolute atomic E-state index is 0.222. The van der Waals surface area contributed by atoms with Crippen LogP contribution >= 0.6 is 0 Å². The second-order valence-corrected chi connectivity index (χ2v) is 2.97. The molecule has 0 aromatic rings. The highest BCUT2D eigenvalue weighted by Gasteiger charge is 2.24. The van der Waals surface area contributed by atoms with Gasteiger partial charge in [-0.2, -0.15) is 0 Å². The maximum Gasteiger partial charge on any atom is 0.328 e. The fourth-order valence-electron chi connectivity index (χ4n) is 0.852. The van der Waals surface area contributed by atoms with Gasteiger partial charge in [-0.1, -0.05) is 0 Å². The minimum atomic E-state index is -1.32. The van der Waals surface area contributed by atoms with Gasteiger partial charge in [-0.3, -0.25) is 4.79 Å². The molecule has 7 heteroatoms. The number of ether oxygens (including phenoxy) is 1. The summed E-state index contributed by atoms with van der Waals surface area (Å²) in [7, 11) is 0. The molecule has 5 N–H and O–H groups in total. The van der Waals surface area contributed by atoms with E-state index in [4.69, 9.17) is 20.7 Å². The van der Waals surface area contributed by atoms with E-state index in [0.717, 1.165) is 0 Å². The summed E-state index contributed by atoms with van der Waals surface area (Å²) in [6.45, 7) is 1.51. The molecule has 0 heterocycles. The van der Waals surface area contributed by atoms with Gasteiger partial charge in [0.25, 0.3) is 0 Å². The van der Waals surface area contributed by atoms with Crippen LogP contribution in [0.2, 0.25) is 0 Å². The molecule has 0 spiro atoms. The molecule has 1 amide bonds. The molecule has 15 heavy (non-hydrogen) atoms. The smallest absolute Gasteiger partial charge is 0.328 e. The van der Waals surface area contributed by atoms with Crippen LogP contribution in [0, 0.1) is 0 Å². The molecular weight excluding hydrogens is 204 g/mol. The number of aliphatic hydroxyl groups is 1. The third kappa shape index (κ3) is 6.00. The lowest BCUT2D eigenvalue weighted by molar-refractivity contribution is -0.145. The molecule has 0 aromatic heterocycles. The lowest BCUT2D eigenvalue weighted by Crippen LogP contribution is -2.48. The van der Waals surface area contributed by atoms with E-state index in [1.807, 2.05) is 0 Å². The molecule has 0 aromatic carbocycles. The Morgan fingerprint density at radius 3 is 2.53 bits per heavy atom. The highest BCUT2D eigenvalue weighted by atomic mass is 16.5. The molecule has 0 saturated heterocycles. The van der Waals surface area contributed by atoms with Crippen molar-refractivity contribution in [2.24, 2.45) is 5.73 Å². The summed E-state index contributed by atoms with van der Waals surface area (Å²) in [6, 6.07) is -1.32. The van der Waals surface area contributed by atoms with Gasteiger partial charge in [-0.05, 0) is 6.92 Å². The quantitative estimate of drug-likeness (QED) is 0.365. The number of amides is 1. The molecule has 0 rings (SSSR count). The maximum absolute atomic E-state index is 11.1. The van der Waals surface area contributed by atoms with Crippen LogP contribution in [0.4, 0.5) is 0 Å². The van der Waals surface area contributed by atoms with Gasteiger partial charge in [-0.25, -0.2) is 4.79 Å². The average molecular weight is 220 g/mol. The third-order valence-corrected chi connectivity index (χ3v) is 1.56. The molecule has 0 saturated carbocycles. The van der Waals surface area contributed by atoms with Gasteiger partial charge < -0.3 is 26.0 Å². The van der Waals surface area contributed by atoms with Gasteiger partial charge in [0, 0.05) is 6.54 Å². The zero-order chi connectivity index (χ0) is 11.8. The van der Waals surface area contributed by atoms with Crippen LogP contribution in [0.1, 0.15) is 6.92 Å². The Morgan fingerprint density at radius 2 is 2.13 bits per heavy atom. The van der Waals surface area contributed by atoms with Crippen molar-refractivity contribution in [3.8, 4) is 0 Å². The Morgan fingerprint density at radius 1 is 1.53 bits per heavy atom. The van der Waals surface area contributed by atoms with Crippen molar-refractivity contribution in [2.45, 2.75) is 19.1 Å². The Labute approximate surface area is 87.2 Å². The second kappa shape index (κ2) is 7.16. The van der Waals surface area contributed by atoms with Gasteiger partial charge in [-0.15, -0.1) is 0 Å². The van der Waals surface area contributed by atoms with Crippen molar-refractivity contribution >= 4 is 11.9 Å². The lowest BCUT2D eigenvalue weighted by Gasteiger charge is -2.16. The molecule has 0 bridgehead atoms. The van der Waals surface area contributed by atoms with E-state index in [9.17, 15) is 9.59 Å². The molecule has 7 nitrogen and oxygen atoms in total. The van der Waals surface area contributed by atoms with Crippen LogP contribution in [-0.2, 0) is 14.3 Å². The van der Waals surface area contributed by atoms with Gasteiger partial charge in [0.15, 0.2) is 6.04 Å². The first kappa shape index (κ1) is 13.8. The summed E-state index contributed by atoms with van der Waals surface area (Å²) in [5.74, 6) is -1.89. The number of carbonyl (C=O) groups excluding carboxylic acids is 1. The first-order chi connectivity index (χ1) is 6.99. The SMILES string of the molecule is CC(O)C(NC(=O)COCCN)C(=O)O. The Balaban J connectivity index is 3.95. The molecule has 2 atom stereocenters. The summed E-state index contributed by atoms with van der Waals surface area (Å²) in [4.78, 5) is 21.7. The van der Waals surface area contributed by atoms with Crippen molar-refractivity contribution < 1.29 is 24.5 Å². The standard InChI is InChI=1S/C8H16N2O5/c1-5(11)7(8(13)14)10-6(12)4-15-3-2-9/h5,7,11H,2-4,9H2,1H3,(H,10,12)(H,13,14). The Kier molecular flexibility index (Phi) is 6.59. The van der Waals surface area contributed by atoms with E-state index >= 15 is 0 Å². The highest BCUT2D eigenvalue weighted by Crippen LogP contribution is 1.92. The molecule has 88 valence electrons. The zero-order valence-corrected chi connectivity index (χ0v) is 8.47. The number of carboxylic acids is 1. The van der Waals surface area contributed by atoms with E-state index in [1.165, 1.54) is 6.92 Å². The number of hydrogen-bond donors (Lipinski definition) is 4. The zero-order valence-electron chi connectivity index (χ0n) is 8.47. The van der Waals surface area contributed by atoms with Crippen molar-refractivity contribution in [1.82, 2.24) is 5.32 Å². The number of hydrogen-bond acceptors (Lipinski definition) is 5. The van der Waals surface area contributed by atoms with Crippen LogP contribution in [0.15, 0.2) is 0 Å². The van der Waals surface area contributed by atoms with Gasteiger partial charge >= 0.3 is 5.97 Å². The predicted molar refractivity (Wildman–Crippen MR) is 51.1 cm³/mol. The van der Waals surface area contributed by atoms with Gasteiger partial charge in [0.1, 0.15) is 6.61 Å². The van der Waals surface area contributed by atoms with E-state index in [1.54, 1.807) is 0 Å². The first-order valence-electron chi connectivity index (χ1n) is 4.47. The largest absolute Gasteiger partial charge is 0.480 e. The normalized spacial score (nSPS) is 14.3. The molecule has 2 unspecified atom stereocenters. The average Bonchev–Trinajstić information content (AvgIpc) is 2.13. The molecule has 0 aliphatic carbocycles. The monoisotopic (exact) mass is 220 g/mol. The number of carboxylic acid groups (broad SMARTS) is 1. The summed E-state index contributed by atoms with van der Waals surface area (Å²) in [5.41, 5.74) is 5.12. The van der Waals surface area contributed by atoms with Crippen molar-refractivity contribution in [3.05, 3.63) is 0 Å². The van der Waals surface area contributed by atoms with Gasteiger partial charge in [0.05, 0.1) is 12.7 Å². The number of nitrogens with one attached hydrogen (secondary N) is 1. The van der Waals surface area contributed by atoms with Crippen LogP contribution in [0.3, 0.4) is 0 Å².